The van der Waals surface area contributed by atoms with E-state index in [-0.39, 0.29) is 17.6 Å². The van der Waals surface area contributed by atoms with Crippen molar-refractivity contribution in [2.24, 2.45) is 5.92 Å². The number of anilines is 1. The standard InChI is InChI=1S/C15H22N2O4S/c1-3-22(19,20)17-9-7-12(8-10-17)15(18)16-13-5-4-6-14(11-13)21-2/h4-6,11-12H,3,7-10H2,1-2H3,(H,16,18). The Kier molecular flexibility index (Phi) is 5.42. The van der Waals surface area contributed by atoms with E-state index in [2.05, 4.69) is 5.32 Å². The highest BCUT2D eigenvalue weighted by Crippen LogP contribution is 2.23. The molecule has 0 aromatic heterocycles. The van der Waals surface area contributed by atoms with Crippen LogP contribution in [0.5, 0.6) is 5.75 Å². The van der Waals surface area contributed by atoms with Gasteiger partial charge < -0.3 is 10.1 Å². The number of sulfonamides is 1. The van der Waals surface area contributed by atoms with Crippen molar-refractivity contribution in [1.29, 1.82) is 0 Å². The first-order chi connectivity index (χ1) is 10.5. The molecular weight excluding hydrogens is 304 g/mol. The van der Waals surface area contributed by atoms with Crippen LogP contribution in [0.1, 0.15) is 19.8 Å². The molecule has 0 spiro atoms. The zero-order valence-corrected chi connectivity index (χ0v) is 13.7. The molecule has 1 aromatic carbocycles. The van der Waals surface area contributed by atoms with Gasteiger partial charge in [-0.3, -0.25) is 4.79 Å². The summed E-state index contributed by atoms with van der Waals surface area (Å²) in [5.41, 5.74) is 0.688. The van der Waals surface area contributed by atoms with Gasteiger partial charge in [0.1, 0.15) is 5.75 Å². The molecule has 2 rings (SSSR count). The maximum Gasteiger partial charge on any atom is 0.227 e. The molecule has 1 heterocycles. The smallest absolute Gasteiger partial charge is 0.227 e. The number of nitrogens with zero attached hydrogens (tertiary/aromatic N) is 1. The van der Waals surface area contributed by atoms with E-state index < -0.39 is 10.0 Å². The minimum atomic E-state index is -3.15. The monoisotopic (exact) mass is 326 g/mol. The first-order valence-corrected chi connectivity index (χ1v) is 9.00. The van der Waals surface area contributed by atoms with E-state index in [0.717, 1.165) is 0 Å². The summed E-state index contributed by atoms with van der Waals surface area (Å²) in [5, 5.41) is 2.87. The molecule has 1 aliphatic rings. The summed E-state index contributed by atoms with van der Waals surface area (Å²) in [6, 6.07) is 7.18. The summed E-state index contributed by atoms with van der Waals surface area (Å²) < 4.78 is 30.2. The number of carbonyl (C=O) groups excluding carboxylic acids is 1. The summed E-state index contributed by atoms with van der Waals surface area (Å²) >= 11 is 0. The Bertz CT molecular complexity index is 622. The predicted molar refractivity (Wildman–Crippen MR) is 85.4 cm³/mol. The Morgan fingerprint density at radius 2 is 2.05 bits per heavy atom. The van der Waals surface area contributed by atoms with Crippen LogP contribution < -0.4 is 10.1 Å². The number of benzene rings is 1. The molecule has 1 aromatic rings. The minimum absolute atomic E-state index is 0.0678. The van der Waals surface area contributed by atoms with Crippen LogP contribution in [-0.2, 0) is 14.8 Å². The van der Waals surface area contributed by atoms with Gasteiger partial charge in [-0.05, 0) is 31.9 Å². The number of carbonyl (C=O) groups is 1. The molecule has 7 heteroatoms. The van der Waals surface area contributed by atoms with Crippen LogP contribution in [0.25, 0.3) is 0 Å². The normalized spacial score (nSPS) is 17.2. The van der Waals surface area contributed by atoms with Crippen molar-refractivity contribution < 1.29 is 17.9 Å². The van der Waals surface area contributed by atoms with E-state index in [9.17, 15) is 13.2 Å². The van der Waals surface area contributed by atoms with Crippen molar-refractivity contribution in [3.63, 3.8) is 0 Å². The van der Waals surface area contributed by atoms with Gasteiger partial charge >= 0.3 is 0 Å². The highest BCUT2D eigenvalue weighted by Gasteiger charge is 2.30. The fourth-order valence-electron chi connectivity index (χ4n) is 2.52. The highest BCUT2D eigenvalue weighted by molar-refractivity contribution is 7.89. The van der Waals surface area contributed by atoms with E-state index in [1.807, 2.05) is 12.1 Å². The second kappa shape index (κ2) is 7.11. The Morgan fingerprint density at radius 1 is 1.36 bits per heavy atom. The topological polar surface area (TPSA) is 75.7 Å². The van der Waals surface area contributed by atoms with Crippen LogP contribution in [0.3, 0.4) is 0 Å². The van der Waals surface area contributed by atoms with Crippen LogP contribution in [0.2, 0.25) is 0 Å². The van der Waals surface area contributed by atoms with Crippen molar-refractivity contribution in [2.45, 2.75) is 19.8 Å². The van der Waals surface area contributed by atoms with Gasteiger partial charge in [0.25, 0.3) is 0 Å². The second-order valence-corrected chi connectivity index (χ2v) is 7.55. The van der Waals surface area contributed by atoms with Crippen LogP contribution >= 0.6 is 0 Å². The van der Waals surface area contributed by atoms with Crippen LogP contribution in [-0.4, -0.2) is 44.6 Å². The third-order valence-corrected chi connectivity index (χ3v) is 5.80. The van der Waals surface area contributed by atoms with Gasteiger partial charge in [0, 0.05) is 30.8 Å². The van der Waals surface area contributed by atoms with E-state index in [0.29, 0.717) is 37.4 Å². The predicted octanol–water partition coefficient (Wildman–Crippen LogP) is 1.70. The Morgan fingerprint density at radius 3 is 2.64 bits per heavy atom. The lowest BCUT2D eigenvalue weighted by Gasteiger charge is -2.30. The number of piperidine rings is 1. The van der Waals surface area contributed by atoms with E-state index in [4.69, 9.17) is 4.74 Å². The maximum atomic E-state index is 12.3. The molecule has 0 unspecified atom stereocenters. The Labute approximate surface area is 131 Å². The Balaban J connectivity index is 1.92. The van der Waals surface area contributed by atoms with E-state index in [1.165, 1.54) is 4.31 Å². The number of amides is 1. The lowest BCUT2D eigenvalue weighted by Crippen LogP contribution is -2.42. The molecule has 1 aliphatic heterocycles. The fraction of sp³-hybridized carbons (Fsp3) is 0.533. The van der Waals surface area contributed by atoms with Gasteiger partial charge in [-0.1, -0.05) is 6.07 Å². The molecule has 0 bridgehead atoms. The third kappa shape index (κ3) is 3.98. The molecular formula is C15H22N2O4S. The van der Waals surface area contributed by atoms with Crippen molar-refractivity contribution >= 4 is 21.6 Å². The van der Waals surface area contributed by atoms with Crippen LogP contribution in [0, 0.1) is 5.92 Å². The van der Waals surface area contributed by atoms with Gasteiger partial charge in [0.2, 0.25) is 15.9 Å². The first kappa shape index (κ1) is 16.8. The highest BCUT2D eigenvalue weighted by atomic mass is 32.2. The number of nitrogens with one attached hydrogen (secondary N) is 1. The van der Waals surface area contributed by atoms with Crippen molar-refractivity contribution in [3.05, 3.63) is 24.3 Å². The second-order valence-electron chi connectivity index (χ2n) is 5.30. The number of ether oxygens (including phenoxy) is 1. The minimum Gasteiger partial charge on any atom is -0.497 e. The van der Waals surface area contributed by atoms with Gasteiger partial charge in [-0.25, -0.2) is 12.7 Å². The molecule has 22 heavy (non-hydrogen) atoms. The molecule has 1 N–H and O–H groups in total. The average molecular weight is 326 g/mol. The molecule has 122 valence electrons. The fourth-order valence-corrected chi connectivity index (χ4v) is 3.66. The molecule has 1 fully saturated rings. The molecule has 0 saturated carbocycles. The molecule has 1 amide bonds. The van der Waals surface area contributed by atoms with Crippen LogP contribution in [0.15, 0.2) is 24.3 Å². The summed E-state index contributed by atoms with van der Waals surface area (Å²) in [5.74, 6) is 0.561. The molecule has 0 aliphatic carbocycles. The zero-order chi connectivity index (χ0) is 16.2. The van der Waals surface area contributed by atoms with E-state index >= 15 is 0 Å². The van der Waals surface area contributed by atoms with Crippen molar-refractivity contribution in [3.8, 4) is 5.75 Å². The first-order valence-electron chi connectivity index (χ1n) is 7.39. The lowest BCUT2D eigenvalue weighted by molar-refractivity contribution is -0.120. The summed E-state index contributed by atoms with van der Waals surface area (Å²) in [4.78, 5) is 12.3. The van der Waals surface area contributed by atoms with Crippen molar-refractivity contribution in [1.82, 2.24) is 4.31 Å². The number of methoxy groups -OCH3 is 1. The van der Waals surface area contributed by atoms with Gasteiger partial charge in [0.05, 0.1) is 12.9 Å². The Hall–Kier alpha value is -1.60. The maximum absolute atomic E-state index is 12.3. The number of hydrogen-bond donors (Lipinski definition) is 1. The van der Waals surface area contributed by atoms with Gasteiger partial charge in [-0.15, -0.1) is 0 Å². The summed E-state index contributed by atoms with van der Waals surface area (Å²) in [7, 11) is -1.58. The van der Waals surface area contributed by atoms with Gasteiger partial charge in [0.15, 0.2) is 0 Å². The molecule has 6 nitrogen and oxygen atoms in total. The zero-order valence-electron chi connectivity index (χ0n) is 12.9. The average Bonchev–Trinajstić information content (AvgIpc) is 2.55. The quantitative estimate of drug-likeness (QED) is 0.893. The number of rotatable bonds is 5. The van der Waals surface area contributed by atoms with E-state index in [1.54, 1.807) is 26.2 Å². The summed E-state index contributed by atoms with van der Waals surface area (Å²) in [6.07, 6.45) is 1.10. The SMILES string of the molecule is CCS(=O)(=O)N1CCC(C(=O)Nc2cccc(OC)c2)CC1. The molecule has 0 atom stereocenters. The molecule has 0 radical (unpaired) electrons. The van der Waals surface area contributed by atoms with Gasteiger partial charge in [-0.2, -0.15) is 0 Å². The van der Waals surface area contributed by atoms with Crippen LogP contribution in [0.4, 0.5) is 5.69 Å². The number of hydrogen-bond acceptors (Lipinski definition) is 4. The lowest BCUT2D eigenvalue weighted by atomic mass is 9.97. The van der Waals surface area contributed by atoms with Crippen molar-refractivity contribution in [2.75, 3.05) is 31.3 Å². The molecule has 1 saturated heterocycles. The summed E-state index contributed by atoms with van der Waals surface area (Å²) in [6.45, 7) is 2.45. The third-order valence-electron chi connectivity index (χ3n) is 3.92. The largest absolute Gasteiger partial charge is 0.497 e.